The van der Waals surface area contributed by atoms with Gasteiger partial charge in [0.1, 0.15) is 5.00 Å². The Balaban J connectivity index is 1.63. The molecule has 0 saturated heterocycles. The molecule has 0 saturated carbocycles. The summed E-state index contributed by atoms with van der Waals surface area (Å²) in [4.78, 5) is 39.1. The molecule has 37 heavy (non-hydrogen) atoms. The normalized spacial score (nSPS) is 12.8. The number of sulfonamides is 1. The van der Waals surface area contributed by atoms with Crippen molar-refractivity contribution in [2.75, 3.05) is 16.6 Å². The molecule has 0 unspecified atom stereocenters. The molecule has 9 nitrogen and oxygen atoms in total. The minimum Gasteiger partial charge on any atom is -0.450 e. The van der Waals surface area contributed by atoms with Crippen LogP contribution in [0.3, 0.4) is 0 Å². The lowest BCUT2D eigenvalue weighted by Crippen LogP contribution is -2.32. The Morgan fingerprint density at radius 1 is 1.00 bits per heavy atom. The van der Waals surface area contributed by atoms with Gasteiger partial charge in [0, 0.05) is 9.90 Å². The number of benzene rings is 2. The van der Waals surface area contributed by atoms with Crippen molar-refractivity contribution >= 4 is 61.6 Å². The second-order valence-electron chi connectivity index (χ2n) is 8.15. The molecule has 1 heterocycles. The van der Waals surface area contributed by atoms with E-state index in [1.54, 1.807) is 19.1 Å². The van der Waals surface area contributed by atoms with Gasteiger partial charge in [-0.3, -0.25) is 19.6 Å². The SMILES string of the molecule is CCOC(=O)NC(=O)c1c(NC(=O)c2ccccc2NS(=O)(=O)c2ccc(Cl)cc2)sc2c1CCCC2. The number of hydrogen-bond donors (Lipinski definition) is 3. The highest BCUT2D eigenvalue weighted by Gasteiger charge is 2.28. The molecule has 0 fully saturated rings. The van der Waals surface area contributed by atoms with Crippen molar-refractivity contribution in [3.8, 4) is 0 Å². The minimum atomic E-state index is -4.00. The second kappa shape index (κ2) is 11.3. The van der Waals surface area contributed by atoms with Crippen molar-refractivity contribution in [1.29, 1.82) is 0 Å². The van der Waals surface area contributed by atoms with Crippen molar-refractivity contribution < 1.29 is 27.5 Å². The number of nitrogens with one attached hydrogen (secondary N) is 3. The van der Waals surface area contributed by atoms with Gasteiger partial charge in [-0.2, -0.15) is 0 Å². The Bertz CT molecular complexity index is 1450. The summed E-state index contributed by atoms with van der Waals surface area (Å²) in [6, 6.07) is 11.8. The predicted molar refractivity (Wildman–Crippen MR) is 142 cm³/mol. The molecule has 4 rings (SSSR count). The first kappa shape index (κ1) is 26.6. The third-order valence-corrected chi connectivity index (χ3v) is 8.50. The number of ether oxygens (including phenoxy) is 1. The van der Waals surface area contributed by atoms with Crippen LogP contribution in [0.5, 0.6) is 0 Å². The van der Waals surface area contributed by atoms with Crippen LogP contribution in [0.1, 0.15) is 50.9 Å². The van der Waals surface area contributed by atoms with Crippen LogP contribution >= 0.6 is 22.9 Å². The number of carbonyl (C=O) groups excluding carboxylic acids is 3. The lowest BCUT2D eigenvalue weighted by molar-refractivity contribution is 0.0925. The fourth-order valence-corrected chi connectivity index (χ4v) is 6.46. The fraction of sp³-hybridized carbons (Fsp3) is 0.240. The van der Waals surface area contributed by atoms with Gasteiger partial charge in [0.15, 0.2) is 0 Å². The van der Waals surface area contributed by atoms with Crippen molar-refractivity contribution in [2.24, 2.45) is 0 Å². The van der Waals surface area contributed by atoms with Crippen LogP contribution in [-0.4, -0.2) is 32.9 Å². The summed E-state index contributed by atoms with van der Waals surface area (Å²) in [6.07, 6.45) is 2.36. The van der Waals surface area contributed by atoms with E-state index in [1.165, 1.54) is 47.7 Å². The number of alkyl carbamates (subject to hydrolysis) is 1. The Labute approximate surface area is 223 Å². The lowest BCUT2D eigenvalue weighted by Gasteiger charge is -2.14. The summed E-state index contributed by atoms with van der Waals surface area (Å²) in [5.74, 6) is -1.27. The number of amides is 3. The largest absolute Gasteiger partial charge is 0.450 e. The number of thiophene rings is 1. The molecule has 0 spiro atoms. The number of carbonyl (C=O) groups is 3. The number of anilines is 2. The van der Waals surface area contributed by atoms with Crippen LogP contribution in [0, 0.1) is 0 Å². The molecule has 1 aliphatic rings. The molecule has 0 atom stereocenters. The zero-order valence-electron chi connectivity index (χ0n) is 19.8. The average Bonchev–Trinajstić information content (AvgIpc) is 3.22. The first-order valence-corrected chi connectivity index (χ1v) is 14.2. The molecule has 1 aliphatic carbocycles. The highest BCUT2D eigenvalue weighted by molar-refractivity contribution is 7.92. The Hall–Kier alpha value is -3.41. The zero-order chi connectivity index (χ0) is 26.6. The van der Waals surface area contributed by atoms with Gasteiger partial charge >= 0.3 is 6.09 Å². The zero-order valence-corrected chi connectivity index (χ0v) is 22.2. The Morgan fingerprint density at radius 2 is 1.70 bits per heavy atom. The van der Waals surface area contributed by atoms with Crippen LogP contribution in [-0.2, 0) is 27.6 Å². The number of para-hydroxylation sites is 1. The molecular formula is C25H24ClN3O6S2. The maximum atomic E-state index is 13.3. The van der Waals surface area contributed by atoms with Gasteiger partial charge in [0.05, 0.1) is 28.3 Å². The van der Waals surface area contributed by atoms with E-state index in [1.807, 2.05) is 0 Å². The standard InChI is InChI=1S/C25H24ClN3O6S2/c1-2-35-25(32)28-23(31)21-18-8-4-6-10-20(18)36-24(21)27-22(30)17-7-3-5-9-19(17)29-37(33,34)16-13-11-15(26)12-14-16/h3,5,7,9,11-14,29H,2,4,6,8,10H2,1H3,(H,27,30)(H,28,31,32). The van der Waals surface area contributed by atoms with Gasteiger partial charge in [-0.05, 0) is 74.6 Å². The van der Waals surface area contributed by atoms with Gasteiger partial charge < -0.3 is 10.1 Å². The molecule has 2 aromatic carbocycles. The van der Waals surface area contributed by atoms with Gasteiger partial charge in [0.2, 0.25) is 0 Å². The first-order valence-electron chi connectivity index (χ1n) is 11.5. The molecule has 1 aromatic heterocycles. The monoisotopic (exact) mass is 561 g/mol. The molecule has 194 valence electrons. The Morgan fingerprint density at radius 3 is 2.43 bits per heavy atom. The van der Waals surface area contributed by atoms with Gasteiger partial charge in [0.25, 0.3) is 21.8 Å². The van der Waals surface area contributed by atoms with Crippen LogP contribution in [0.4, 0.5) is 15.5 Å². The van der Waals surface area contributed by atoms with E-state index in [2.05, 4.69) is 15.4 Å². The molecule has 0 radical (unpaired) electrons. The summed E-state index contributed by atoms with van der Waals surface area (Å²) in [6.45, 7) is 1.73. The number of aryl methyl sites for hydroxylation is 1. The van der Waals surface area contributed by atoms with E-state index in [0.29, 0.717) is 11.4 Å². The molecule has 3 N–H and O–H groups in total. The van der Waals surface area contributed by atoms with Crippen molar-refractivity contribution in [3.63, 3.8) is 0 Å². The van der Waals surface area contributed by atoms with Gasteiger partial charge in [-0.25, -0.2) is 13.2 Å². The quantitative estimate of drug-likeness (QED) is 0.362. The molecule has 0 bridgehead atoms. The maximum absolute atomic E-state index is 13.3. The van der Waals surface area contributed by atoms with Crippen molar-refractivity contribution in [3.05, 3.63) is 75.1 Å². The molecular weight excluding hydrogens is 538 g/mol. The smallest absolute Gasteiger partial charge is 0.414 e. The van der Waals surface area contributed by atoms with Crippen molar-refractivity contribution in [1.82, 2.24) is 5.32 Å². The summed E-state index contributed by atoms with van der Waals surface area (Å²) in [5.41, 5.74) is 1.14. The van der Waals surface area contributed by atoms with E-state index < -0.39 is 27.9 Å². The highest BCUT2D eigenvalue weighted by atomic mass is 35.5. The lowest BCUT2D eigenvalue weighted by atomic mass is 9.95. The number of imide groups is 1. The highest BCUT2D eigenvalue weighted by Crippen LogP contribution is 2.38. The third kappa shape index (κ3) is 6.12. The molecule has 12 heteroatoms. The molecule has 3 aromatic rings. The van der Waals surface area contributed by atoms with Crippen molar-refractivity contribution in [2.45, 2.75) is 37.5 Å². The number of fused-ring (bicyclic) bond motifs is 1. The number of rotatable bonds is 7. The minimum absolute atomic E-state index is 0.0176. The van der Waals surface area contributed by atoms with E-state index in [9.17, 15) is 22.8 Å². The molecule has 0 aliphatic heterocycles. The van der Waals surface area contributed by atoms with Gasteiger partial charge in [-0.15, -0.1) is 11.3 Å². The van der Waals surface area contributed by atoms with Crippen LogP contribution < -0.4 is 15.4 Å². The van der Waals surface area contributed by atoms with Gasteiger partial charge in [-0.1, -0.05) is 23.7 Å². The first-order chi connectivity index (χ1) is 17.7. The summed E-state index contributed by atoms with van der Waals surface area (Å²) >= 11 is 7.14. The second-order valence-corrected chi connectivity index (χ2v) is 11.4. The average molecular weight is 562 g/mol. The van der Waals surface area contributed by atoms with Crippen LogP contribution in [0.15, 0.2) is 53.4 Å². The number of halogens is 1. The van der Waals surface area contributed by atoms with E-state index >= 15 is 0 Å². The van der Waals surface area contributed by atoms with E-state index in [0.717, 1.165) is 29.7 Å². The van der Waals surface area contributed by atoms with Crippen LogP contribution in [0.2, 0.25) is 5.02 Å². The summed E-state index contributed by atoms with van der Waals surface area (Å²) in [7, 11) is -4.00. The third-order valence-electron chi connectivity index (χ3n) is 5.66. The summed E-state index contributed by atoms with van der Waals surface area (Å²) in [5, 5.41) is 5.64. The topological polar surface area (TPSA) is 131 Å². The van der Waals surface area contributed by atoms with E-state index in [4.69, 9.17) is 16.3 Å². The Kier molecular flexibility index (Phi) is 8.16. The molecule has 3 amide bonds. The summed E-state index contributed by atoms with van der Waals surface area (Å²) < 4.78 is 33.1. The number of hydrogen-bond acceptors (Lipinski definition) is 7. The predicted octanol–water partition coefficient (Wildman–Crippen LogP) is 5.22. The maximum Gasteiger partial charge on any atom is 0.414 e. The van der Waals surface area contributed by atoms with E-state index in [-0.39, 0.29) is 33.3 Å². The fourth-order valence-electron chi connectivity index (χ4n) is 3.97. The van der Waals surface area contributed by atoms with Crippen LogP contribution in [0.25, 0.3) is 0 Å².